The number of benzene rings is 1. The zero-order valence-corrected chi connectivity index (χ0v) is 9.48. The van der Waals surface area contributed by atoms with Crippen LogP contribution in [-0.2, 0) is 11.2 Å². The van der Waals surface area contributed by atoms with Gasteiger partial charge < -0.3 is 9.84 Å². The second-order valence-electron chi connectivity index (χ2n) is 2.66. The predicted octanol–water partition coefficient (Wildman–Crippen LogP) is 2.38. The Balaban J connectivity index is 2.66. The van der Waals surface area contributed by atoms with Crippen molar-refractivity contribution in [3.63, 3.8) is 0 Å². The SMILES string of the molecule is O=C1Cc2cc(Br)c(O)c(Br)c2O1. The Morgan fingerprint density at radius 3 is 2.85 bits per heavy atom. The smallest absolute Gasteiger partial charge is 0.315 e. The van der Waals surface area contributed by atoms with Gasteiger partial charge in [0.05, 0.1) is 10.9 Å². The molecular weight excluding hydrogens is 304 g/mol. The molecule has 0 unspecified atom stereocenters. The number of fused-ring (bicyclic) bond motifs is 1. The molecule has 1 aliphatic heterocycles. The van der Waals surface area contributed by atoms with E-state index >= 15 is 0 Å². The number of esters is 1. The van der Waals surface area contributed by atoms with E-state index in [0.717, 1.165) is 5.56 Å². The molecule has 1 heterocycles. The molecule has 0 atom stereocenters. The van der Waals surface area contributed by atoms with E-state index in [9.17, 15) is 9.90 Å². The van der Waals surface area contributed by atoms with E-state index in [4.69, 9.17) is 4.74 Å². The molecular formula is C8H4Br2O3. The first-order valence-electron chi connectivity index (χ1n) is 3.50. The highest BCUT2D eigenvalue weighted by atomic mass is 79.9. The zero-order valence-electron chi connectivity index (χ0n) is 6.30. The number of aromatic hydroxyl groups is 1. The molecule has 5 heteroatoms. The third kappa shape index (κ3) is 1.36. The van der Waals surface area contributed by atoms with Crippen LogP contribution in [0.1, 0.15) is 5.56 Å². The molecule has 0 aromatic heterocycles. The maximum atomic E-state index is 10.9. The molecule has 1 aliphatic rings. The van der Waals surface area contributed by atoms with E-state index in [1.165, 1.54) is 0 Å². The molecule has 1 aromatic carbocycles. The maximum Gasteiger partial charge on any atom is 0.315 e. The summed E-state index contributed by atoms with van der Waals surface area (Å²) in [6, 6.07) is 1.68. The van der Waals surface area contributed by atoms with E-state index in [2.05, 4.69) is 31.9 Å². The van der Waals surface area contributed by atoms with Crippen molar-refractivity contribution in [3.8, 4) is 11.5 Å². The molecule has 0 aliphatic carbocycles. The van der Waals surface area contributed by atoms with Crippen molar-refractivity contribution in [2.75, 3.05) is 0 Å². The average molecular weight is 308 g/mol. The Hall–Kier alpha value is -0.550. The fourth-order valence-corrected chi connectivity index (χ4v) is 2.48. The normalized spacial score (nSPS) is 14.2. The minimum Gasteiger partial charge on any atom is -0.505 e. The quantitative estimate of drug-likeness (QED) is 0.591. The first-order chi connectivity index (χ1) is 6.09. The van der Waals surface area contributed by atoms with Crippen molar-refractivity contribution < 1.29 is 14.6 Å². The molecule has 1 N–H and O–H groups in total. The standard InChI is InChI=1S/C8H4Br2O3/c9-4-1-3-2-5(11)13-8(3)6(10)7(4)12/h1,12H,2H2. The first-order valence-corrected chi connectivity index (χ1v) is 5.08. The molecule has 0 saturated carbocycles. The van der Waals surface area contributed by atoms with E-state index in [1.807, 2.05) is 0 Å². The van der Waals surface area contributed by atoms with Gasteiger partial charge in [0.2, 0.25) is 0 Å². The lowest BCUT2D eigenvalue weighted by Crippen LogP contribution is -2.00. The summed E-state index contributed by atoms with van der Waals surface area (Å²) in [4.78, 5) is 10.9. The summed E-state index contributed by atoms with van der Waals surface area (Å²) in [5.41, 5.74) is 0.779. The van der Waals surface area contributed by atoms with Gasteiger partial charge in [0.15, 0.2) is 5.75 Å². The molecule has 13 heavy (non-hydrogen) atoms. The van der Waals surface area contributed by atoms with Crippen LogP contribution in [0.2, 0.25) is 0 Å². The molecule has 0 saturated heterocycles. The van der Waals surface area contributed by atoms with E-state index in [0.29, 0.717) is 14.7 Å². The second-order valence-corrected chi connectivity index (χ2v) is 4.31. The van der Waals surface area contributed by atoms with Gasteiger partial charge in [0, 0.05) is 5.56 Å². The molecule has 68 valence electrons. The summed E-state index contributed by atoms with van der Waals surface area (Å²) in [5, 5.41) is 9.47. The maximum absolute atomic E-state index is 10.9. The number of rotatable bonds is 0. The third-order valence-electron chi connectivity index (χ3n) is 1.78. The fourth-order valence-electron chi connectivity index (χ4n) is 1.19. The molecule has 0 amide bonds. The highest BCUT2D eigenvalue weighted by molar-refractivity contribution is 9.11. The van der Waals surface area contributed by atoms with E-state index in [1.54, 1.807) is 6.07 Å². The summed E-state index contributed by atoms with van der Waals surface area (Å²) >= 11 is 6.32. The number of carbonyl (C=O) groups is 1. The second kappa shape index (κ2) is 2.99. The predicted molar refractivity (Wildman–Crippen MR) is 52.8 cm³/mol. The Morgan fingerprint density at radius 2 is 2.15 bits per heavy atom. The van der Waals surface area contributed by atoms with Gasteiger partial charge >= 0.3 is 5.97 Å². The number of halogens is 2. The molecule has 0 fully saturated rings. The summed E-state index contributed by atoms with van der Waals surface area (Å²) in [6.07, 6.45) is 0.257. The Bertz CT molecular complexity index is 401. The van der Waals surface area contributed by atoms with Crippen molar-refractivity contribution >= 4 is 37.8 Å². The molecule has 2 rings (SSSR count). The number of carbonyl (C=O) groups excluding carboxylic acids is 1. The van der Waals surface area contributed by atoms with Gasteiger partial charge in [-0.15, -0.1) is 0 Å². The Kier molecular flexibility index (Phi) is 2.08. The molecule has 0 spiro atoms. The molecule has 0 radical (unpaired) electrons. The van der Waals surface area contributed by atoms with Crippen LogP contribution in [0.4, 0.5) is 0 Å². The van der Waals surface area contributed by atoms with Crippen molar-refractivity contribution in [2.45, 2.75) is 6.42 Å². The Morgan fingerprint density at radius 1 is 1.46 bits per heavy atom. The average Bonchev–Trinajstić information content (AvgIpc) is 2.42. The highest BCUT2D eigenvalue weighted by Gasteiger charge is 2.26. The molecule has 0 bridgehead atoms. The van der Waals surface area contributed by atoms with Crippen LogP contribution in [-0.4, -0.2) is 11.1 Å². The number of hydrogen-bond donors (Lipinski definition) is 1. The number of phenols is 1. The van der Waals surface area contributed by atoms with Crippen LogP contribution >= 0.6 is 31.9 Å². The number of hydrogen-bond acceptors (Lipinski definition) is 3. The van der Waals surface area contributed by atoms with Gasteiger partial charge in [-0.1, -0.05) is 0 Å². The summed E-state index contributed by atoms with van der Waals surface area (Å²) in [6.45, 7) is 0. The minimum absolute atomic E-state index is 0.0495. The lowest BCUT2D eigenvalue weighted by molar-refractivity contribution is -0.131. The summed E-state index contributed by atoms with van der Waals surface area (Å²) in [5.74, 6) is 0.173. The lowest BCUT2D eigenvalue weighted by atomic mass is 10.1. The van der Waals surface area contributed by atoms with Crippen LogP contribution in [0.25, 0.3) is 0 Å². The number of phenolic OH excluding ortho intramolecular Hbond substituents is 1. The first kappa shape index (κ1) is 9.02. The van der Waals surface area contributed by atoms with Crippen molar-refractivity contribution in [2.24, 2.45) is 0 Å². The molecule has 1 aromatic rings. The van der Waals surface area contributed by atoms with Gasteiger partial charge in [-0.05, 0) is 37.9 Å². The Labute approximate surface area is 91.0 Å². The summed E-state index contributed by atoms with van der Waals surface area (Å²) < 4.78 is 5.88. The monoisotopic (exact) mass is 306 g/mol. The van der Waals surface area contributed by atoms with Gasteiger partial charge in [0.1, 0.15) is 10.2 Å². The zero-order chi connectivity index (χ0) is 9.59. The van der Waals surface area contributed by atoms with Gasteiger partial charge in [-0.25, -0.2) is 0 Å². The van der Waals surface area contributed by atoms with E-state index < -0.39 is 0 Å². The van der Waals surface area contributed by atoms with Crippen molar-refractivity contribution in [1.82, 2.24) is 0 Å². The minimum atomic E-state index is -0.298. The van der Waals surface area contributed by atoms with Crippen molar-refractivity contribution in [1.29, 1.82) is 0 Å². The van der Waals surface area contributed by atoms with Crippen LogP contribution in [0.3, 0.4) is 0 Å². The fraction of sp³-hybridized carbons (Fsp3) is 0.125. The lowest BCUT2D eigenvalue weighted by Gasteiger charge is -2.04. The van der Waals surface area contributed by atoms with Crippen molar-refractivity contribution in [3.05, 3.63) is 20.6 Å². The van der Waals surface area contributed by atoms with Crippen LogP contribution < -0.4 is 4.74 Å². The van der Waals surface area contributed by atoms with Crippen LogP contribution in [0.5, 0.6) is 11.5 Å². The van der Waals surface area contributed by atoms with E-state index in [-0.39, 0.29) is 18.1 Å². The number of ether oxygens (including phenoxy) is 1. The summed E-state index contributed by atoms with van der Waals surface area (Å²) in [7, 11) is 0. The molecule has 3 nitrogen and oxygen atoms in total. The van der Waals surface area contributed by atoms with Gasteiger partial charge in [-0.3, -0.25) is 4.79 Å². The third-order valence-corrected chi connectivity index (χ3v) is 3.12. The van der Waals surface area contributed by atoms with Gasteiger partial charge in [-0.2, -0.15) is 0 Å². The van der Waals surface area contributed by atoms with Crippen LogP contribution in [0, 0.1) is 0 Å². The topological polar surface area (TPSA) is 46.5 Å². The van der Waals surface area contributed by atoms with Crippen LogP contribution in [0.15, 0.2) is 15.0 Å². The largest absolute Gasteiger partial charge is 0.505 e. The highest BCUT2D eigenvalue weighted by Crippen LogP contribution is 2.44. The van der Waals surface area contributed by atoms with Gasteiger partial charge in [0.25, 0.3) is 0 Å².